The average Bonchev–Trinajstić information content (AvgIpc) is 2.28. The van der Waals surface area contributed by atoms with Gasteiger partial charge in [0.05, 0.1) is 5.75 Å². The summed E-state index contributed by atoms with van der Waals surface area (Å²) in [6.45, 7) is 0. The summed E-state index contributed by atoms with van der Waals surface area (Å²) in [5.74, 6) is -2.86. The second kappa shape index (κ2) is 2.37. The van der Waals surface area contributed by atoms with Crippen LogP contribution < -0.4 is 0 Å². The second-order valence-corrected chi connectivity index (χ2v) is 6.96. The van der Waals surface area contributed by atoms with Crippen LogP contribution >= 0.6 is 10.7 Å². The van der Waals surface area contributed by atoms with E-state index in [2.05, 4.69) is 0 Å². The molecule has 13 heavy (non-hydrogen) atoms. The van der Waals surface area contributed by atoms with Gasteiger partial charge in [0.15, 0.2) is 0 Å². The minimum Gasteiger partial charge on any atom is -0.212 e. The van der Waals surface area contributed by atoms with Crippen molar-refractivity contribution in [3.63, 3.8) is 0 Å². The summed E-state index contributed by atoms with van der Waals surface area (Å²) in [6, 6.07) is 0. The number of hydrogen-bond donors (Lipinski definition) is 0. The Hall–Kier alpha value is 0.1000. The predicted octanol–water partition coefficient (Wildman–Crippen LogP) is 1.99. The summed E-state index contributed by atoms with van der Waals surface area (Å²) in [6.07, 6.45) is 0.552. The highest BCUT2D eigenvalue weighted by Gasteiger charge is 2.75. The van der Waals surface area contributed by atoms with E-state index in [4.69, 9.17) is 10.7 Å². The van der Waals surface area contributed by atoms with Crippen LogP contribution in [-0.4, -0.2) is 20.1 Å². The number of alkyl halides is 2. The first-order valence-electron chi connectivity index (χ1n) is 4.04. The van der Waals surface area contributed by atoms with E-state index in [1.54, 1.807) is 0 Å². The smallest absolute Gasteiger partial charge is 0.212 e. The van der Waals surface area contributed by atoms with Gasteiger partial charge < -0.3 is 0 Å². The maximum Gasteiger partial charge on any atom is 0.254 e. The molecular weight excluding hydrogens is 222 g/mol. The first kappa shape index (κ1) is 9.65. The molecule has 0 aromatic carbocycles. The number of halogens is 3. The summed E-state index contributed by atoms with van der Waals surface area (Å²) < 4.78 is 46.5. The normalized spacial score (nSPS) is 41.6. The molecule has 0 aromatic heterocycles. The third kappa shape index (κ3) is 1.56. The lowest BCUT2D eigenvalue weighted by Crippen LogP contribution is -2.33. The van der Waals surface area contributed by atoms with Crippen LogP contribution in [0.1, 0.15) is 19.3 Å². The van der Waals surface area contributed by atoms with Gasteiger partial charge in [-0.25, -0.2) is 17.2 Å². The summed E-state index contributed by atoms with van der Waals surface area (Å²) in [4.78, 5) is 0. The second-order valence-electron chi connectivity index (χ2n) is 4.14. The predicted molar refractivity (Wildman–Crippen MR) is 44.4 cm³/mol. The van der Waals surface area contributed by atoms with E-state index in [-0.39, 0.29) is 18.1 Å². The van der Waals surface area contributed by atoms with Crippen LogP contribution in [0.4, 0.5) is 8.78 Å². The Morgan fingerprint density at radius 1 is 1.38 bits per heavy atom. The van der Waals surface area contributed by atoms with E-state index in [0.29, 0.717) is 12.8 Å². The Morgan fingerprint density at radius 2 is 1.85 bits per heavy atom. The maximum absolute atomic E-state index is 12.7. The van der Waals surface area contributed by atoms with Crippen molar-refractivity contribution < 1.29 is 17.2 Å². The van der Waals surface area contributed by atoms with Gasteiger partial charge in [0.25, 0.3) is 5.92 Å². The van der Waals surface area contributed by atoms with Crippen LogP contribution in [-0.2, 0) is 9.05 Å². The maximum atomic E-state index is 12.7. The molecule has 2 saturated carbocycles. The Morgan fingerprint density at radius 3 is 2.15 bits per heavy atom. The zero-order valence-corrected chi connectivity index (χ0v) is 8.34. The monoisotopic (exact) mass is 230 g/mol. The third-order valence-electron chi connectivity index (χ3n) is 3.00. The standard InChI is InChI=1S/C7H9ClF2O2S/c8-13(11,12)3-5-1-6(2-5)4-7(6,9)10/h5H,1-4H2. The van der Waals surface area contributed by atoms with Gasteiger partial charge in [0.1, 0.15) is 0 Å². The molecule has 2 rings (SSSR count). The van der Waals surface area contributed by atoms with E-state index >= 15 is 0 Å². The largest absolute Gasteiger partial charge is 0.254 e. The Balaban J connectivity index is 1.87. The van der Waals surface area contributed by atoms with Crippen molar-refractivity contribution in [2.75, 3.05) is 5.75 Å². The molecule has 0 amide bonds. The zero-order valence-electron chi connectivity index (χ0n) is 6.76. The van der Waals surface area contributed by atoms with Gasteiger partial charge in [-0.05, 0) is 18.8 Å². The average molecular weight is 231 g/mol. The van der Waals surface area contributed by atoms with Crippen molar-refractivity contribution in [3.8, 4) is 0 Å². The van der Waals surface area contributed by atoms with Gasteiger partial charge in [-0.2, -0.15) is 0 Å². The van der Waals surface area contributed by atoms with Crippen LogP contribution in [0, 0.1) is 11.3 Å². The minimum atomic E-state index is -3.52. The molecule has 0 bridgehead atoms. The molecule has 76 valence electrons. The molecule has 2 aliphatic carbocycles. The lowest BCUT2D eigenvalue weighted by molar-refractivity contribution is 0.00755. The van der Waals surface area contributed by atoms with Crippen molar-refractivity contribution in [1.82, 2.24) is 0 Å². The molecule has 6 heteroatoms. The van der Waals surface area contributed by atoms with Crippen LogP contribution in [0.15, 0.2) is 0 Å². The fourth-order valence-electron chi connectivity index (χ4n) is 2.27. The minimum absolute atomic E-state index is 0.0706. The van der Waals surface area contributed by atoms with E-state index in [1.807, 2.05) is 0 Å². The van der Waals surface area contributed by atoms with Gasteiger partial charge >= 0.3 is 0 Å². The van der Waals surface area contributed by atoms with E-state index in [1.165, 1.54) is 0 Å². The molecule has 0 saturated heterocycles. The molecule has 0 atom stereocenters. The third-order valence-corrected chi connectivity index (χ3v) is 4.25. The Bertz CT molecular complexity index is 332. The Labute approximate surface area is 79.7 Å². The number of rotatable bonds is 2. The SMILES string of the molecule is O=S(=O)(Cl)CC1CC2(C1)CC2(F)F. The van der Waals surface area contributed by atoms with Gasteiger partial charge in [-0.3, -0.25) is 0 Å². The molecule has 0 aromatic rings. The molecule has 2 fully saturated rings. The summed E-state index contributed by atoms with van der Waals surface area (Å²) in [5.41, 5.74) is -0.848. The van der Waals surface area contributed by atoms with Crippen LogP contribution in [0.5, 0.6) is 0 Å². The highest BCUT2D eigenvalue weighted by atomic mass is 35.7. The molecule has 0 aliphatic heterocycles. The fourth-order valence-corrected chi connectivity index (χ4v) is 3.60. The van der Waals surface area contributed by atoms with Crippen molar-refractivity contribution in [3.05, 3.63) is 0 Å². The van der Waals surface area contributed by atoms with Crippen LogP contribution in [0.3, 0.4) is 0 Å². The van der Waals surface area contributed by atoms with Gasteiger partial charge in [0.2, 0.25) is 9.05 Å². The molecule has 2 aliphatic rings. The van der Waals surface area contributed by atoms with Crippen LogP contribution in [0.2, 0.25) is 0 Å². The molecule has 2 nitrogen and oxygen atoms in total. The van der Waals surface area contributed by atoms with Gasteiger partial charge in [0, 0.05) is 22.5 Å². The zero-order chi connectivity index (χ0) is 9.91. The van der Waals surface area contributed by atoms with Crippen LogP contribution in [0.25, 0.3) is 0 Å². The van der Waals surface area contributed by atoms with Crippen molar-refractivity contribution >= 4 is 19.7 Å². The fraction of sp³-hybridized carbons (Fsp3) is 1.00. The highest BCUT2D eigenvalue weighted by molar-refractivity contribution is 8.13. The summed E-state index contributed by atoms with van der Waals surface area (Å²) in [7, 11) is 1.49. The van der Waals surface area contributed by atoms with E-state index < -0.39 is 20.4 Å². The van der Waals surface area contributed by atoms with E-state index in [9.17, 15) is 17.2 Å². The molecule has 0 heterocycles. The first-order valence-corrected chi connectivity index (χ1v) is 6.52. The number of hydrogen-bond acceptors (Lipinski definition) is 2. The molecule has 0 radical (unpaired) electrons. The van der Waals surface area contributed by atoms with Gasteiger partial charge in [-0.15, -0.1) is 0 Å². The molecule has 0 unspecified atom stereocenters. The van der Waals surface area contributed by atoms with Crippen molar-refractivity contribution in [1.29, 1.82) is 0 Å². The van der Waals surface area contributed by atoms with Gasteiger partial charge in [-0.1, -0.05) is 0 Å². The Kier molecular flexibility index (Phi) is 1.76. The summed E-state index contributed by atoms with van der Waals surface area (Å²) >= 11 is 0. The highest BCUT2D eigenvalue weighted by Crippen LogP contribution is 2.72. The lowest BCUT2D eigenvalue weighted by Gasteiger charge is -2.34. The molecule has 0 N–H and O–H groups in total. The lowest BCUT2D eigenvalue weighted by atomic mass is 9.72. The first-order chi connectivity index (χ1) is 5.74. The summed E-state index contributed by atoms with van der Waals surface area (Å²) in [5, 5.41) is 0. The molecular formula is C7H9ClF2O2S. The van der Waals surface area contributed by atoms with Crippen molar-refractivity contribution in [2.45, 2.75) is 25.2 Å². The molecule has 1 spiro atoms. The van der Waals surface area contributed by atoms with Crippen molar-refractivity contribution in [2.24, 2.45) is 11.3 Å². The van der Waals surface area contributed by atoms with E-state index in [0.717, 1.165) is 0 Å². The topological polar surface area (TPSA) is 34.1 Å². The quantitative estimate of drug-likeness (QED) is 0.680.